The van der Waals surface area contributed by atoms with Crippen LogP contribution in [-0.2, 0) is 22.9 Å². The lowest BCUT2D eigenvalue weighted by atomic mass is 10.1. The van der Waals surface area contributed by atoms with Gasteiger partial charge < -0.3 is 5.32 Å². The third-order valence-electron chi connectivity index (χ3n) is 2.64. The van der Waals surface area contributed by atoms with Crippen LogP contribution in [0.2, 0.25) is 0 Å². The van der Waals surface area contributed by atoms with E-state index in [2.05, 4.69) is 36.2 Å². The minimum absolute atomic E-state index is 0.0284. The number of aryl methyl sites for hydroxylation is 1. The molecule has 0 amide bonds. The Morgan fingerprint density at radius 1 is 1.37 bits per heavy atom. The van der Waals surface area contributed by atoms with E-state index >= 15 is 0 Å². The van der Waals surface area contributed by atoms with Gasteiger partial charge in [0.2, 0.25) is 0 Å². The zero-order valence-corrected chi connectivity index (χ0v) is 13.0. The van der Waals surface area contributed by atoms with Crippen molar-refractivity contribution in [2.24, 2.45) is 0 Å². The van der Waals surface area contributed by atoms with Gasteiger partial charge in [0, 0.05) is 17.8 Å². The molecular weight excluding hydrogens is 264 g/mol. The lowest BCUT2D eigenvalue weighted by Gasteiger charge is -2.19. The average molecular weight is 288 g/mol. The molecule has 110 valence electrons. The second-order valence-corrected chi connectivity index (χ2v) is 8.09. The topological polar surface area (TPSA) is 76.9 Å². The van der Waals surface area contributed by atoms with Crippen LogP contribution in [-0.4, -0.2) is 40.2 Å². The molecule has 1 aromatic heterocycles. The van der Waals surface area contributed by atoms with Gasteiger partial charge in [0.05, 0.1) is 12.3 Å². The van der Waals surface area contributed by atoms with Crippen molar-refractivity contribution in [2.45, 2.75) is 52.7 Å². The van der Waals surface area contributed by atoms with E-state index in [1.165, 1.54) is 0 Å². The standard InChI is InChI=1S/C12H24N4O2S/c1-5-19(17,18)8-6-7-16-10-13-11(15-16)9-14-12(2,3)4/h10,14H,5-9H2,1-4H3. The molecule has 0 atom stereocenters. The first-order chi connectivity index (χ1) is 8.72. The maximum absolute atomic E-state index is 11.4. The van der Waals surface area contributed by atoms with Gasteiger partial charge in [0.1, 0.15) is 16.2 Å². The molecule has 1 N–H and O–H groups in total. The van der Waals surface area contributed by atoms with E-state index in [1.807, 2.05) is 0 Å². The van der Waals surface area contributed by atoms with E-state index in [0.717, 1.165) is 5.82 Å². The summed E-state index contributed by atoms with van der Waals surface area (Å²) in [5, 5.41) is 7.61. The number of nitrogens with one attached hydrogen (secondary N) is 1. The summed E-state index contributed by atoms with van der Waals surface area (Å²) in [6.45, 7) is 9.12. The lowest BCUT2D eigenvalue weighted by Crippen LogP contribution is -2.35. The first-order valence-electron chi connectivity index (χ1n) is 6.55. The Bertz CT molecular complexity index is 488. The van der Waals surface area contributed by atoms with E-state index in [1.54, 1.807) is 17.9 Å². The number of sulfone groups is 1. The number of hydrogen-bond donors (Lipinski definition) is 1. The van der Waals surface area contributed by atoms with Crippen molar-refractivity contribution in [3.8, 4) is 0 Å². The van der Waals surface area contributed by atoms with Gasteiger partial charge in [-0.25, -0.2) is 13.4 Å². The average Bonchev–Trinajstić information content (AvgIpc) is 2.73. The van der Waals surface area contributed by atoms with Gasteiger partial charge in [0.25, 0.3) is 0 Å². The Balaban J connectivity index is 2.39. The molecule has 0 aliphatic carbocycles. The Labute approximate surface area is 115 Å². The molecule has 0 aromatic carbocycles. The van der Waals surface area contributed by atoms with Crippen LogP contribution in [0.5, 0.6) is 0 Å². The fourth-order valence-corrected chi connectivity index (χ4v) is 2.31. The van der Waals surface area contributed by atoms with E-state index in [-0.39, 0.29) is 17.0 Å². The molecular formula is C12H24N4O2S. The summed E-state index contributed by atoms with van der Waals surface area (Å²) in [5.41, 5.74) is 0.0284. The maximum Gasteiger partial charge on any atom is 0.164 e. The maximum atomic E-state index is 11.4. The van der Waals surface area contributed by atoms with Crippen LogP contribution in [0.1, 0.15) is 39.9 Å². The van der Waals surface area contributed by atoms with Gasteiger partial charge in [-0.1, -0.05) is 6.92 Å². The SMILES string of the molecule is CCS(=O)(=O)CCCn1cnc(CNC(C)(C)C)n1. The van der Waals surface area contributed by atoms with Crippen molar-refractivity contribution >= 4 is 9.84 Å². The van der Waals surface area contributed by atoms with Gasteiger partial charge in [-0.3, -0.25) is 4.68 Å². The first-order valence-corrected chi connectivity index (χ1v) is 8.38. The smallest absolute Gasteiger partial charge is 0.164 e. The van der Waals surface area contributed by atoms with Crippen molar-refractivity contribution in [1.29, 1.82) is 0 Å². The molecule has 0 spiro atoms. The number of aromatic nitrogens is 3. The molecule has 1 aromatic rings. The van der Waals surface area contributed by atoms with Crippen molar-refractivity contribution in [2.75, 3.05) is 11.5 Å². The minimum atomic E-state index is -2.89. The van der Waals surface area contributed by atoms with Crippen molar-refractivity contribution in [1.82, 2.24) is 20.1 Å². The molecule has 19 heavy (non-hydrogen) atoms. The van der Waals surface area contributed by atoms with Crippen LogP contribution in [0.3, 0.4) is 0 Å². The normalized spacial score (nSPS) is 12.8. The molecule has 7 heteroatoms. The molecule has 0 aliphatic rings. The second kappa shape index (κ2) is 6.47. The highest BCUT2D eigenvalue weighted by atomic mass is 32.2. The van der Waals surface area contributed by atoms with Crippen molar-refractivity contribution in [3.05, 3.63) is 12.2 Å². The fraction of sp³-hybridized carbons (Fsp3) is 0.833. The fourth-order valence-electron chi connectivity index (χ4n) is 1.46. The van der Waals surface area contributed by atoms with E-state index in [9.17, 15) is 8.42 Å². The predicted molar refractivity (Wildman–Crippen MR) is 75.6 cm³/mol. The van der Waals surface area contributed by atoms with Gasteiger partial charge in [-0.15, -0.1) is 0 Å². The Morgan fingerprint density at radius 3 is 2.63 bits per heavy atom. The summed E-state index contributed by atoms with van der Waals surface area (Å²) in [5.74, 6) is 1.14. The molecule has 6 nitrogen and oxygen atoms in total. The molecule has 0 radical (unpaired) electrons. The van der Waals surface area contributed by atoms with E-state index < -0.39 is 9.84 Å². The van der Waals surface area contributed by atoms with Crippen molar-refractivity contribution < 1.29 is 8.42 Å². The molecule has 0 bridgehead atoms. The Kier molecular flexibility index (Phi) is 5.49. The minimum Gasteiger partial charge on any atom is -0.305 e. The summed E-state index contributed by atoms with van der Waals surface area (Å²) < 4.78 is 24.4. The molecule has 1 heterocycles. The molecule has 0 saturated carbocycles. The lowest BCUT2D eigenvalue weighted by molar-refractivity contribution is 0.416. The highest BCUT2D eigenvalue weighted by Crippen LogP contribution is 2.01. The van der Waals surface area contributed by atoms with Gasteiger partial charge in [-0.05, 0) is 27.2 Å². The zero-order valence-electron chi connectivity index (χ0n) is 12.2. The molecule has 0 saturated heterocycles. The van der Waals surface area contributed by atoms with Crippen LogP contribution in [0.15, 0.2) is 6.33 Å². The third-order valence-corrected chi connectivity index (χ3v) is 4.43. The van der Waals surface area contributed by atoms with E-state index in [0.29, 0.717) is 19.5 Å². The van der Waals surface area contributed by atoms with Gasteiger partial charge in [-0.2, -0.15) is 5.10 Å². The predicted octanol–water partition coefficient (Wildman–Crippen LogP) is 0.991. The van der Waals surface area contributed by atoms with E-state index in [4.69, 9.17) is 0 Å². The van der Waals surface area contributed by atoms with Crippen LogP contribution in [0.4, 0.5) is 0 Å². The Hall–Kier alpha value is -0.950. The second-order valence-electron chi connectivity index (χ2n) is 5.62. The molecule has 0 unspecified atom stereocenters. The third kappa shape index (κ3) is 6.68. The highest BCUT2D eigenvalue weighted by Gasteiger charge is 2.11. The summed E-state index contributed by atoms with van der Waals surface area (Å²) in [6.07, 6.45) is 2.23. The molecule has 0 fully saturated rings. The summed E-state index contributed by atoms with van der Waals surface area (Å²) in [6, 6.07) is 0. The van der Waals surface area contributed by atoms with Crippen LogP contribution in [0, 0.1) is 0 Å². The van der Waals surface area contributed by atoms with Crippen molar-refractivity contribution in [3.63, 3.8) is 0 Å². The number of rotatable bonds is 7. The summed E-state index contributed by atoms with van der Waals surface area (Å²) in [4.78, 5) is 4.19. The van der Waals surface area contributed by atoms with Crippen LogP contribution < -0.4 is 5.32 Å². The number of nitrogens with zero attached hydrogens (tertiary/aromatic N) is 3. The monoisotopic (exact) mass is 288 g/mol. The number of hydrogen-bond acceptors (Lipinski definition) is 5. The van der Waals surface area contributed by atoms with Gasteiger partial charge in [0.15, 0.2) is 5.82 Å². The van der Waals surface area contributed by atoms with Gasteiger partial charge >= 0.3 is 0 Å². The first kappa shape index (κ1) is 16.1. The molecule has 0 aliphatic heterocycles. The van der Waals surface area contributed by atoms with Crippen LogP contribution >= 0.6 is 0 Å². The largest absolute Gasteiger partial charge is 0.305 e. The Morgan fingerprint density at radius 2 is 2.05 bits per heavy atom. The quantitative estimate of drug-likeness (QED) is 0.809. The summed E-state index contributed by atoms with van der Waals surface area (Å²) in [7, 11) is -2.89. The molecule has 1 rings (SSSR count). The van der Waals surface area contributed by atoms with Crippen LogP contribution in [0.25, 0.3) is 0 Å². The highest BCUT2D eigenvalue weighted by molar-refractivity contribution is 7.91. The zero-order chi connectivity index (χ0) is 14.5. The summed E-state index contributed by atoms with van der Waals surface area (Å²) >= 11 is 0.